The van der Waals surface area contributed by atoms with Crippen molar-refractivity contribution in [3.63, 3.8) is 0 Å². The summed E-state index contributed by atoms with van der Waals surface area (Å²) in [6.07, 6.45) is 2.66. The summed E-state index contributed by atoms with van der Waals surface area (Å²) >= 11 is 1.41. The molecule has 30 heavy (non-hydrogen) atoms. The predicted octanol–water partition coefficient (Wildman–Crippen LogP) is 5.70. The smallest absolute Gasteiger partial charge is 0.341 e. The van der Waals surface area contributed by atoms with Gasteiger partial charge in [-0.15, -0.1) is 11.3 Å². The van der Waals surface area contributed by atoms with E-state index in [1.165, 1.54) is 23.5 Å². The molecule has 2 aromatic heterocycles. The summed E-state index contributed by atoms with van der Waals surface area (Å²) in [5.41, 5.74) is 1.70. The number of hydrogen-bond donors (Lipinski definition) is 1. The van der Waals surface area contributed by atoms with Gasteiger partial charge in [-0.2, -0.15) is 0 Å². The summed E-state index contributed by atoms with van der Waals surface area (Å²) < 4.78 is 24.8. The highest BCUT2D eigenvalue weighted by Crippen LogP contribution is 2.40. The standard InChI is InChI=1S/C23H22FNO4S/c1-3-28-23(27)20-15-9-8-13(2)12-19(15)30-22(20)25-21(26)18-11-10-17(29-18)14-6-4-5-7-16(14)24/h4-7,10-11,13H,3,8-9,12H2,1-2H3,(H,25,26). The second-order valence-corrected chi connectivity index (χ2v) is 8.48. The van der Waals surface area contributed by atoms with Crippen molar-refractivity contribution in [2.24, 2.45) is 5.92 Å². The number of benzene rings is 1. The first-order valence-electron chi connectivity index (χ1n) is 9.95. The van der Waals surface area contributed by atoms with E-state index in [0.717, 1.165) is 29.7 Å². The fourth-order valence-corrected chi connectivity index (χ4v) is 5.08. The van der Waals surface area contributed by atoms with E-state index < -0.39 is 17.7 Å². The van der Waals surface area contributed by atoms with E-state index in [2.05, 4.69) is 12.2 Å². The molecule has 7 heteroatoms. The van der Waals surface area contributed by atoms with Crippen LogP contribution in [0.2, 0.25) is 0 Å². The van der Waals surface area contributed by atoms with Gasteiger partial charge in [-0.3, -0.25) is 4.79 Å². The lowest BCUT2D eigenvalue weighted by atomic mass is 9.88. The molecule has 2 heterocycles. The van der Waals surface area contributed by atoms with E-state index >= 15 is 0 Å². The van der Waals surface area contributed by atoms with Crippen LogP contribution in [0.3, 0.4) is 0 Å². The lowest BCUT2D eigenvalue weighted by Crippen LogP contribution is -2.16. The highest BCUT2D eigenvalue weighted by Gasteiger charge is 2.29. The van der Waals surface area contributed by atoms with Crippen LogP contribution >= 0.6 is 11.3 Å². The van der Waals surface area contributed by atoms with E-state index in [9.17, 15) is 14.0 Å². The number of hydrogen-bond acceptors (Lipinski definition) is 5. The van der Waals surface area contributed by atoms with Crippen LogP contribution in [0.4, 0.5) is 9.39 Å². The molecule has 4 rings (SSSR count). The molecule has 1 unspecified atom stereocenters. The fraction of sp³-hybridized carbons (Fsp3) is 0.304. The number of amides is 1. The molecule has 1 aliphatic rings. The number of carbonyl (C=O) groups is 2. The van der Waals surface area contributed by atoms with Gasteiger partial charge in [0.1, 0.15) is 16.6 Å². The summed E-state index contributed by atoms with van der Waals surface area (Å²) in [4.78, 5) is 26.5. The van der Waals surface area contributed by atoms with Crippen LogP contribution in [-0.4, -0.2) is 18.5 Å². The van der Waals surface area contributed by atoms with E-state index in [4.69, 9.17) is 9.15 Å². The third kappa shape index (κ3) is 3.89. The molecule has 5 nitrogen and oxygen atoms in total. The maximum atomic E-state index is 14.0. The first-order valence-corrected chi connectivity index (χ1v) is 10.8. The highest BCUT2D eigenvalue weighted by atomic mass is 32.1. The number of nitrogens with one attached hydrogen (secondary N) is 1. The number of rotatable bonds is 5. The van der Waals surface area contributed by atoms with Gasteiger partial charge in [0.05, 0.1) is 17.7 Å². The van der Waals surface area contributed by atoms with Gasteiger partial charge in [-0.25, -0.2) is 9.18 Å². The zero-order valence-electron chi connectivity index (χ0n) is 16.8. The predicted molar refractivity (Wildman–Crippen MR) is 114 cm³/mol. The normalized spacial score (nSPS) is 15.5. The molecule has 0 saturated heterocycles. The minimum atomic E-state index is -0.491. The van der Waals surface area contributed by atoms with E-state index in [0.29, 0.717) is 16.5 Å². The molecule has 156 valence electrons. The number of ether oxygens (including phenoxy) is 1. The number of carbonyl (C=O) groups excluding carboxylic acids is 2. The van der Waals surface area contributed by atoms with Crippen molar-refractivity contribution in [2.75, 3.05) is 11.9 Å². The molecule has 1 N–H and O–H groups in total. The molecule has 3 aromatic rings. The van der Waals surface area contributed by atoms with Crippen molar-refractivity contribution in [3.8, 4) is 11.3 Å². The van der Waals surface area contributed by atoms with Crippen molar-refractivity contribution >= 4 is 28.2 Å². The van der Waals surface area contributed by atoms with Crippen LogP contribution in [0, 0.1) is 11.7 Å². The SMILES string of the molecule is CCOC(=O)c1c(NC(=O)c2ccc(-c3ccccc3F)o2)sc2c1CCC(C)C2. The fourth-order valence-electron chi connectivity index (χ4n) is 3.69. The molecule has 1 aliphatic carbocycles. The lowest BCUT2D eigenvalue weighted by molar-refractivity contribution is 0.0526. The number of esters is 1. The van der Waals surface area contributed by atoms with Gasteiger partial charge in [0.15, 0.2) is 5.76 Å². The molecule has 0 spiro atoms. The molecule has 1 amide bonds. The van der Waals surface area contributed by atoms with Crippen LogP contribution in [0.15, 0.2) is 40.8 Å². The van der Waals surface area contributed by atoms with Crippen molar-refractivity contribution in [2.45, 2.75) is 33.1 Å². The Balaban J connectivity index is 1.62. The first-order chi connectivity index (χ1) is 14.5. The number of fused-ring (bicyclic) bond motifs is 1. The third-order valence-electron chi connectivity index (χ3n) is 5.19. The van der Waals surface area contributed by atoms with Gasteiger partial charge < -0.3 is 14.5 Å². The van der Waals surface area contributed by atoms with Crippen LogP contribution in [0.1, 0.15) is 51.6 Å². The van der Waals surface area contributed by atoms with Crippen LogP contribution < -0.4 is 5.32 Å². The largest absolute Gasteiger partial charge is 0.462 e. The van der Waals surface area contributed by atoms with E-state index in [1.54, 1.807) is 31.2 Å². The zero-order valence-corrected chi connectivity index (χ0v) is 17.6. The maximum Gasteiger partial charge on any atom is 0.341 e. The Kier molecular flexibility index (Phi) is 5.72. The topological polar surface area (TPSA) is 68.5 Å². The average Bonchev–Trinajstić information content (AvgIpc) is 3.33. The molecule has 1 atom stereocenters. The second-order valence-electron chi connectivity index (χ2n) is 7.37. The van der Waals surface area contributed by atoms with E-state index in [1.807, 2.05) is 0 Å². The Morgan fingerprint density at radius 1 is 1.27 bits per heavy atom. The minimum Gasteiger partial charge on any atom is -0.462 e. The molecular formula is C23H22FNO4S. The van der Waals surface area contributed by atoms with Crippen molar-refractivity contribution in [3.05, 3.63) is 64.0 Å². The van der Waals surface area contributed by atoms with Gasteiger partial charge in [-0.1, -0.05) is 19.1 Å². The van der Waals surface area contributed by atoms with Gasteiger partial charge in [0.25, 0.3) is 5.91 Å². The Morgan fingerprint density at radius 3 is 2.83 bits per heavy atom. The third-order valence-corrected chi connectivity index (χ3v) is 6.36. The quantitative estimate of drug-likeness (QED) is 0.530. The number of anilines is 1. The highest BCUT2D eigenvalue weighted by molar-refractivity contribution is 7.17. The molecule has 1 aromatic carbocycles. The average molecular weight is 427 g/mol. The van der Waals surface area contributed by atoms with Crippen molar-refractivity contribution in [1.29, 1.82) is 0 Å². The Bertz CT molecular complexity index is 1100. The molecule has 0 saturated carbocycles. The van der Waals surface area contributed by atoms with Gasteiger partial charge in [0.2, 0.25) is 0 Å². The Hall–Kier alpha value is -2.93. The van der Waals surface area contributed by atoms with Gasteiger partial charge in [-0.05, 0) is 61.9 Å². The Morgan fingerprint density at radius 2 is 2.07 bits per heavy atom. The second kappa shape index (κ2) is 8.44. The summed E-state index contributed by atoms with van der Waals surface area (Å²) in [5, 5.41) is 3.28. The lowest BCUT2D eigenvalue weighted by Gasteiger charge is -2.18. The molecule has 0 radical (unpaired) electrons. The molecule has 0 bridgehead atoms. The number of thiophene rings is 1. The molecule has 0 aliphatic heterocycles. The molecular weight excluding hydrogens is 405 g/mol. The molecule has 0 fully saturated rings. The first kappa shape index (κ1) is 20.3. The minimum absolute atomic E-state index is 0.0443. The van der Waals surface area contributed by atoms with Crippen LogP contribution in [0.25, 0.3) is 11.3 Å². The monoisotopic (exact) mass is 427 g/mol. The maximum absolute atomic E-state index is 14.0. The van der Waals surface area contributed by atoms with E-state index in [-0.39, 0.29) is 23.7 Å². The Labute approximate surface area is 177 Å². The summed E-state index contributed by atoms with van der Waals surface area (Å²) in [5.74, 6) is -0.501. The number of halogens is 1. The summed E-state index contributed by atoms with van der Waals surface area (Å²) in [7, 11) is 0. The van der Waals surface area contributed by atoms with Gasteiger partial charge >= 0.3 is 5.97 Å². The van der Waals surface area contributed by atoms with Crippen molar-refractivity contribution in [1.82, 2.24) is 0 Å². The van der Waals surface area contributed by atoms with Gasteiger partial charge in [0, 0.05) is 4.88 Å². The summed E-state index contributed by atoms with van der Waals surface area (Å²) in [6.45, 7) is 4.19. The summed E-state index contributed by atoms with van der Waals surface area (Å²) in [6, 6.07) is 9.26. The zero-order chi connectivity index (χ0) is 21.3. The van der Waals surface area contributed by atoms with Crippen molar-refractivity contribution < 1.29 is 23.1 Å². The number of furan rings is 1. The van der Waals surface area contributed by atoms with Crippen LogP contribution in [-0.2, 0) is 17.6 Å². The van der Waals surface area contributed by atoms with Crippen LogP contribution in [0.5, 0.6) is 0 Å².